The van der Waals surface area contributed by atoms with E-state index >= 15 is 0 Å². The summed E-state index contributed by atoms with van der Waals surface area (Å²) in [5.74, 6) is -0.355. The molecule has 1 aromatic carbocycles. The molecule has 2 nitrogen and oxygen atoms in total. The maximum absolute atomic E-state index is 13.4. The van der Waals surface area contributed by atoms with Crippen molar-refractivity contribution in [2.24, 2.45) is 0 Å². The van der Waals surface area contributed by atoms with E-state index in [0.717, 1.165) is 18.8 Å². The predicted molar refractivity (Wildman–Crippen MR) is 71.9 cm³/mol. The standard InChI is InChI=1S/C13H15FN2S/c1-2-16(9-10-5-4-8-17-10)12-7-3-6-11(14)13(12)15/h3-8H,2,9,15H2,1H3. The lowest BCUT2D eigenvalue weighted by atomic mass is 10.2. The molecule has 0 bridgehead atoms. The molecule has 2 aromatic rings. The Morgan fingerprint density at radius 3 is 2.76 bits per heavy atom. The first-order valence-corrected chi connectivity index (χ1v) is 6.41. The van der Waals surface area contributed by atoms with E-state index in [1.807, 2.05) is 24.4 Å². The van der Waals surface area contributed by atoms with Crippen LogP contribution in [-0.2, 0) is 6.54 Å². The molecule has 1 aromatic heterocycles. The summed E-state index contributed by atoms with van der Waals surface area (Å²) in [7, 11) is 0. The van der Waals surface area contributed by atoms with Gasteiger partial charge in [-0.1, -0.05) is 12.1 Å². The molecule has 1 heterocycles. The molecule has 2 N–H and O–H groups in total. The fourth-order valence-electron chi connectivity index (χ4n) is 1.76. The highest BCUT2D eigenvalue weighted by Gasteiger charge is 2.11. The van der Waals surface area contributed by atoms with Crippen LogP contribution in [-0.4, -0.2) is 6.54 Å². The Balaban J connectivity index is 2.26. The highest BCUT2D eigenvalue weighted by molar-refractivity contribution is 7.09. The van der Waals surface area contributed by atoms with Gasteiger partial charge < -0.3 is 10.6 Å². The third kappa shape index (κ3) is 2.58. The number of nitrogens with two attached hydrogens (primary N) is 1. The molecule has 0 fully saturated rings. The van der Waals surface area contributed by atoms with Gasteiger partial charge in [-0.2, -0.15) is 0 Å². The summed E-state index contributed by atoms with van der Waals surface area (Å²) in [5.41, 5.74) is 6.77. The Morgan fingerprint density at radius 1 is 1.29 bits per heavy atom. The summed E-state index contributed by atoms with van der Waals surface area (Å²) >= 11 is 1.70. The number of nitrogen functional groups attached to an aromatic ring is 1. The van der Waals surface area contributed by atoms with Crippen molar-refractivity contribution in [3.05, 3.63) is 46.4 Å². The molecule has 0 spiro atoms. The number of nitrogens with zero attached hydrogens (tertiary/aromatic N) is 1. The van der Waals surface area contributed by atoms with E-state index in [2.05, 4.69) is 11.0 Å². The Morgan fingerprint density at radius 2 is 2.12 bits per heavy atom. The third-order valence-corrected chi connectivity index (χ3v) is 3.54. The second-order valence-corrected chi connectivity index (χ2v) is 4.80. The van der Waals surface area contributed by atoms with Crippen LogP contribution in [0.1, 0.15) is 11.8 Å². The zero-order valence-electron chi connectivity index (χ0n) is 9.69. The molecule has 0 saturated heterocycles. The maximum atomic E-state index is 13.4. The van der Waals surface area contributed by atoms with E-state index in [1.54, 1.807) is 17.4 Å². The molecule has 0 saturated carbocycles. The molecule has 90 valence electrons. The van der Waals surface area contributed by atoms with Gasteiger partial charge in [-0.25, -0.2) is 4.39 Å². The number of rotatable bonds is 4. The number of hydrogen-bond donors (Lipinski definition) is 1. The summed E-state index contributed by atoms with van der Waals surface area (Å²) in [4.78, 5) is 3.32. The van der Waals surface area contributed by atoms with Crippen molar-refractivity contribution < 1.29 is 4.39 Å². The SMILES string of the molecule is CCN(Cc1cccs1)c1cccc(F)c1N. The van der Waals surface area contributed by atoms with Crippen molar-refractivity contribution >= 4 is 22.7 Å². The van der Waals surface area contributed by atoms with E-state index in [1.165, 1.54) is 10.9 Å². The lowest BCUT2D eigenvalue weighted by Crippen LogP contribution is -2.22. The van der Waals surface area contributed by atoms with E-state index in [9.17, 15) is 4.39 Å². The van der Waals surface area contributed by atoms with Crippen molar-refractivity contribution in [1.82, 2.24) is 0 Å². The van der Waals surface area contributed by atoms with Crippen LogP contribution >= 0.6 is 11.3 Å². The molecule has 4 heteroatoms. The highest BCUT2D eigenvalue weighted by Crippen LogP contribution is 2.27. The number of halogens is 1. The van der Waals surface area contributed by atoms with Gasteiger partial charge in [-0.05, 0) is 30.5 Å². The van der Waals surface area contributed by atoms with Crippen LogP contribution in [0.3, 0.4) is 0 Å². The molecule has 0 aliphatic carbocycles. The number of thiophene rings is 1. The first kappa shape index (κ1) is 11.9. The molecule has 0 atom stereocenters. The minimum absolute atomic E-state index is 0.228. The number of anilines is 2. The third-order valence-electron chi connectivity index (χ3n) is 2.68. The molecule has 0 radical (unpaired) electrons. The van der Waals surface area contributed by atoms with Gasteiger partial charge in [0.2, 0.25) is 0 Å². The minimum Gasteiger partial charge on any atom is -0.395 e. The van der Waals surface area contributed by atoms with Crippen molar-refractivity contribution in [2.45, 2.75) is 13.5 Å². The van der Waals surface area contributed by atoms with Gasteiger partial charge in [-0.15, -0.1) is 11.3 Å². The van der Waals surface area contributed by atoms with Gasteiger partial charge in [0.1, 0.15) is 5.82 Å². The lowest BCUT2D eigenvalue weighted by molar-refractivity contribution is 0.631. The van der Waals surface area contributed by atoms with Crippen LogP contribution in [0.25, 0.3) is 0 Å². The molecule has 2 rings (SSSR count). The Bertz CT molecular complexity index is 482. The van der Waals surface area contributed by atoms with Gasteiger partial charge in [-0.3, -0.25) is 0 Å². The van der Waals surface area contributed by atoms with Crippen LogP contribution in [0.2, 0.25) is 0 Å². The Kier molecular flexibility index (Phi) is 3.64. The maximum Gasteiger partial charge on any atom is 0.148 e. The molecule has 0 aliphatic heterocycles. The average molecular weight is 250 g/mol. The average Bonchev–Trinajstić information content (AvgIpc) is 2.83. The summed E-state index contributed by atoms with van der Waals surface area (Å²) in [6.45, 7) is 3.60. The fourth-order valence-corrected chi connectivity index (χ4v) is 2.48. The number of para-hydroxylation sites is 1. The second-order valence-electron chi connectivity index (χ2n) is 3.77. The van der Waals surface area contributed by atoms with Crippen LogP contribution in [0.4, 0.5) is 15.8 Å². The monoisotopic (exact) mass is 250 g/mol. The largest absolute Gasteiger partial charge is 0.395 e. The van der Waals surface area contributed by atoms with Gasteiger partial charge in [0.15, 0.2) is 0 Å². The van der Waals surface area contributed by atoms with Crippen LogP contribution in [0.5, 0.6) is 0 Å². The molecular weight excluding hydrogens is 235 g/mol. The zero-order chi connectivity index (χ0) is 12.3. The minimum atomic E-state index is -0.355. The normalized spacial score (nSPS) is 10.5. The van der Waals surface area contributed by atoms with Gasteiger partial charge in [0.25, 0.3) is 0 Å². The van der Waals surface area contributed by atoms with E-state index in [-0.39, 0.29) is 11.5 Å². The molecule has 0 amide bonds. The second kappa shape index (κ2) is 5.19. The highest BCUT2D eigenvalue weighted by atomic mass is 32.1. The fraction of sp³-hybridized carbons (Fsp3) is 0.231. The summed E-state index contributed by atoms with van der Waals surface area (Å²) < 4.78 is 13.4. The number of hydrogen-bond acceptors (Lipinski definition) is 3. The molecule has 0 unspecified atom stereocenters. The van der Waals surface area contributed by atoms with E-state index < -0.39 is 0 Å². The quantitative estimate of drug-likeness (QED) is 0.842. The molecular formula is C13H15FN2S. The summed E-state index contributed by atoms with van der Waals surface area (Å²) in [6, 6.07) is 9.02. The van der Waals surface area contributed by atoms with Gasteiger partial charge >= 0.3 is 0 Å². The summed E-state index contributed by atoms with van der Waals surface area (Å²) in [5, 5.41) is 2.04. The predicted octanol–water partition coefficient (Wildman–Crippen LogP) is 3.50. The van der Waals surface area contributed by atoms with Crippen molar-refractivity contribution in [2.75, 3.05) is 17.2 Å². The molecule has 0 aliphatic rings. The van der Waals surface area contributed by atoms with Crippen molar-refractivity contribution in [1.29, 1.82) is 0 Å². The Labute approximate surface area is 104 Å². The topological polar surface area (TPSA) is 29.3 Å². The van der Waals surface area contributed by atoms with Crippen LogP contribution in [0, 0.1) is 5.82 Å². The Hall–Kier alpha value is -1.55. The van der Waals surface area contributed by atoms with E-state index in [0.29, 0.717) is 0 Å². The summed E-state index contributed by atoms with van der Waals surface area (Å²) in [6.07, 6.45) is 0. The first-order valence-electron chi connectivity index (χ1n) is 5.53. The zero-order valence-corrected chi connectivity index (χ0v) is 10.5. The van der Waals surface area contributed by atoms with Crippen molar-refractivity contribution in [3.63, 3.8) is 0 Å². The van der Waals surface area contributed by atoms with Crippen LogP contribution in [0.15, 0.2) is 35.7 Å². The molecule has 17 heavy (non-hydrogen) atoms. The van der Waals surface area contributed by atoms with Crippen molar-refractivity contribution in [3.8, 4) is 0 Å². The lowest BCUT2D eigenvalue weighted by Gasteiger charge is -2.24. The first-order chi connectivity index (χ1) is 8.22. The van der Waals surface area contributed by atoms with Crippen LogP contribution < -0.4 is 10.6 Å². The van der Waals surface area contributed by atoms with E-state index in [4.69, 9.17) is 5.73 Å². The van der Waals surface area contributed by atoms with Gasteiger partial charge in [0, 0.05) is 11.4 Å². The van der Waals surface area contributed by atoms with Gasteiger partial charge in [0.05, 0.1) is 17.9 Å². The number of benzene rings is 1. The smallest absolute Gasteiger partial charge is 0.148 e.